The number of rotatable bonds is 4. The molecular formula is C11H16N2O4S. The second-order valence-corrected chi connectivity index (χ2v) is 5.56. The van der Waals surface area contributed by atoms with E-state index in [1.54, 1.807) is 26.0 Å². The summed E-state index contributed by atoms with van der Waals surface area (Å²) in [6.07, 6.45) is -0.758. The molecule has 100 valence electrons. The van der Waals surface area contributed by atoms with E-state index >= 15 is 0 Å². The Morgan fingerprint density at radius 1 is 1.44 bits per heavy atom. The van der Waals surface area contributed by atoms with Crippen LogP contribution in [0, 0.1) is 0 Å². The van der Waals surface area contributed by atoms with E-state index in [2.05, 4.69) is 5.32 Å². The van der Waals surface area contributed by atoms with Crippen molar-refractivity contribution in [3.63, 3.8) is 0 Å². The first kappa shape index (κ1) is 14.5. The first-order valence-corrected chi connectivity index (χ1v) is 6.90. The van der Waals surface area contributed by atoms with Crippen LogP contribution in [0.3, 0.4) is 0 Å². The number of amides is 1. The highest BCUT2D eigenvalue weighted by Gasteiger charge is 2.09. The Morgan fingerprint density at radius 2 is 2.11 bits per heavy atom. The lowest BCUT2D eigenvalue weighted by Gasteiger charge is -2.09. The van der Waals surface area contributed by atoms with Crippen LogP contribution in [0.1, 0.15) is 19.4 Å². The molecule has 0 radical (unpaired) electrons. The largest absolute Gasteiger partial charge is 0.447 e. The third-order valence-corrected chi connectivity index (χ3v) is 2.92. The van der Waals surface area contributed by atoms with Gasteiger partial charge in [0.05, 0.1) is 11.0 Å². The smallest absolute Gasteiger partial charge is 0.407 e. The van der Waals surface area contributed by atoms with E-state index in [1.165, 1.54) is 12.1 Å². The van der Waals surface area contributed by atoms with E-state index in [9.17, 15) is 13.2 Å². The van der Waals surface area contributed by atoms with Gasteiger partial charge < -0.3 is 10.1 Å². The number of hydrogen-bond donors (Lipinski definition) is 2. The van der Waals surface area contributed by atoms with Gasteiger partial charge in [-0.05, 0) is 31.5 Å². The second-order valence-electron chi connectivity index (χ2n) is 4.00. The Morgan fingerprint density at radius 3 is 2.67 bits per heavy atom. The average Bonchev–Trinajstić information content (AvgIpc) is 2.25. The molecule has 0 saturated heterocycles. The zero-order valence-electron chi connectivity index (χ0n) is 10.2. The number of benzene rings is 1. The molecule has 0 aromatic heterocycles. The Labute approximate surface area is 106 Å². The van der Waals surface area contributed by atoms with Crippen molar-refractivity contribution in [1.29, 1.82) is 0 Å². The zero-order valence-corrected chi connectivity index (χ0v) is 11.0. The van der Waals surface area contributed by atoms with Crippen LogP contribution < -0.4 is 10.5 Å². The maximum absolute atomic E-state index is 11.2. The predicted octanol–water partition coefficient (Wildman–Crippen LogP) is 0.969. The molecule has 0 fully saturated rings. The van der Waals surface area contributed by atoms with Gasteiger partial charge in [0, 0.05) is 6.54 Å². The van der Waals surface area contributed by atoms with Gasteiger partial charge in [0.1, 0.15) is 0 Å². The lowest BCUT2D eigenvalue weighted by atomic mass is 10.2. The first-order valence-electron chi connectivity index (χ1n) is 5.35. The van der Waals surface area contributed by atoms with E-state index in [0.717, 1.165) is 0 Å². The maximum Gasteiger partial charge on any atom is 0.407 e. The normalized spacial score (nSPS) is 11.3. The van der Waals surface area contributed by atoms with Crippen molar-refractivity contribution in [2.24, 2.45) is 5.14 Å². The van der Waals surface area contributed by atoms with Crippen LogP contribution in [-0.4, -0.2) is 20.6 Å². The fourth-order valence-corrected chi connectivity index (χ4v) is 1.85. The van der Waals surface area contributed by atoms with Gasteiger partial charge >= 0.3 is 6.09 Å². The Hall–Kier alpha value is -1.60. The van der Waals surface area contributed by atoms with Crippen LogP contribution in [0.5, 0.6) is 0 Å². The number of nitrogens with two attached hydrogens (primary N) is 1. The van der Waals surface area contributed by atoms with Crippen molar-refractivity contribution < 1.29 is 17.9 Å². The third-order valence-electron chi connectivity index (χ3n) is 2.01. The van der Waals surface area contributed by atoms with Crippen molar-refractivity contribution in [3.8, 4) is 0 Å². The maximum atomic E-state index is 11.2. The van der Waals surface area contributed by atoms with Crippen molar-refractivity contribution >= 4 is 16.1 Å². The van der Waals surface area contributed by atoms with Gasteiger partial charge in [-0.3, -0.25) is 0 Å². The number of ether oxygens (including phenoxy) is 1. The van der Waals surface area contributed by atoms with Crippen LogP contribution in [0.4, 0.5) is 4.79 Å². The van der Waals surface area contributed by atoms with E-state index < -0.39 is 16.1 Å². The Bertz CT molecular complexity index is 526. The highest BCUT2D eigenvalue weighted by Crippen LogP contribution is 2.09. The molecule has 1 aromatic rings. The van der Waals surface area contributed by atoms with Crippen LogP contribution >= 0.6 is 0 Å². The zero-order chi connectivity index (χ0) is 13.8. The summed E-state index contributed by atoms with van der Waals surface area (Å²) in [4.78, 5) is 11.2. The second kappa shape index (κ2) is 5.83. The Kier molecular flexibility index (Phi) is 4.69. The molecule has 0 aliphatic heterocycles. The van der Waals surface area contributed by atoms with Gasteiger partial charge in [-0.15, -0.1) is 0 Å². The van der Waals surface area contributed by atoms with Crippen molar-refractivity contribution in [3.05, 3.63) is 29.8 Å². The van der Waals surface area contributed by atoms with Gasteiger partial charge in [-0.25, -0.2) is 18.4 Å². The average molecular weight is 272 g/mol. The molecule has 3 N–H and O–H groups in total. The minimum Gasteiger partial charge on any atom is -0.447 e. The molecule has 0 aliphatic rings. The van der Waals surface area contributed by atoms with Crippen LogP contribution in [-0.2, 0) is 21.3 Å². The number of alkyl carbamates (subject to hydrolysis) is 1. The van der Waals surface area contributed by atoms with Crippen LogP contribution in [0.25, 0.3) is 0 Å². The summed E-state index contributed by atoms with van der Waals surface area (Å²) in [5.74, 6) is 0. The number of carbonyl (C=O) groups excluding carboxylic acids is 1. The number of nitrogens with one attached hydrogen (secondary N) is 1. The summed E-state index contributed by atoms with van der Waals surface area (Å²) in [5, 5.41) is 7.52. The van der Waals surface area contributed by atoms with Crippen LogP contribution in [0.2, 0.25) is 0 Å². The number of hydrogen-bond acceptors (Lipinski definition) is 4. The molecule has 1 aromatic carbocycles. The summed E-state index contributed by atoms with van der Waals surface area (Å²) < 4.78 is 27.1. The van der Waals surface area contributed by atoms with Crippen molar-refractivity contribution in [2.45, 2.75) is 31.4 Å². The third kappa shape index (κ3) is 4.72. The molecule has 7 heteroatoms. The van der Waals surface area contributed by atoms with Gasteiger partial charge in [-0.2, -0.15) is 0 Å². The summed E-state index contributed by atoms with van der Waals surface area (Å²) in [6.45, 7) is 3.65. The number of sulfonamides is 1. The first-order chi connectivity index (χ1) is 8.29. The molecule has 1 rings (SSSR count). The summed E-state index contributed by atoms with van der Waals surface area (Å²) in [6, 6.07) is 6.05. The molecule has 0 saturated carbocycles. The number of carbonyl (C=O) groups is 1. The molecule has 0 bridgehead atoms. The van der Waals surface area contributed by atoms with Crippen molar-refractivity contribution in [2.75, 3.05) is 0 Å². The molecular weight excluding hydrogens is 256 g/mol. The topological polar surface area (TPSA) is 98.5 Å². The molecule has 1 amide bonds. The lowest BCUT2D eigenvalue weighted by molar-refractivity contribution is 0.115. The molecule has 0 spiro atoms. The molecule has 0 unspecified atom stereocenters. The van der Waals surface area contributed by atoms with Crippen molar-refractivity contribution in [1.82, 2.24) is 5.32 Å². The van der Waals surface area contributed by atoms with Gasteiger partial charge in [0.25, 0.3) is 0 Å². The molecule has 6 nitrogen and oxygen atoms in total. The SMILES string of the molecule is CC(C)OC(=O)NCc1cccc(S(N)(=O)=O)c1. The minimum atomic E-state index is -3.73. The minimum absolute atomic E-state index is 0.0130. The predicted molar refractivity (Wildman–Crippen MR) is 66.3 cm³/mol. The standard InChI is InChI=1S/C11H16N2O4S/c1-8(2)17-11(14)13-7-9-4-3-5-10(6-9)18(12,15)16/h3-6,8H,7H2,1-2H3,(H,13,14)(H2,12,15,16). The van der Waals surface area contributed by atoms with Gasteiger partial charge in [-0.1, -0.05) is 12.1 Å². The molecule has 0 aliphatic carbocycles. The van der Waals surface area contributed by atoms with E-state index in [1.807, 2.05) is 0 Å². The lowest BCUT2D eigenvalue weighted by Crippen LogP contribution is -2.26. The van der Waals surface area contributed by atoms with E-state index in [4.69, 9.17) is 9.88 Å². The quantitative estimate of drug-likeness (QED) is 0.853. The van der Waals surface area contributed by atoms with E-state index in [0.29, 0.717) is 5.56 Å². The highest BCUT2D eigenvalue weighted by molar-refractivity contribution is 7.89. The van der Waals surface area contributed by atoms with Gasteiger partial charge in [0.15, 0.2) is 0 Å². The number of primary sulfonamides is 1. The highest BCUT2D eigenvalue weighted by atomic mass is 32.2. The summed E-state index contributed by atoms with van der Waals surface area (Å²) in [5.41, 5.74) is 0.627. The molecule has 0 atom stereocenters. The van der Waals surface area contributed by atoms with E-state index in [-0.39, 0.29) is 17.5 Å². The van der Waals surface area contributed by atoms with Gasteiger partial charge in [0.2, 0.25) is 10.0 Å². The summed E-state index contributed by atoms with van der Waals surface area (Å²) >= 11 is 0. The molecule has 0 heterocycles. The van der Waals surface area contributed by atoms with Crippen LogP contribution in [0.15, 0.2) is 29.2 Å². The monoisotopic (exact) mass is 272 g/mol. The fourth-order valence-electron chi connectivity index (χ4n) is 1.26. The molecule has 18 heavy (non-hydrogen) atoms. The Balaban J connectivity index is 2.67. The summed E-state index contributed by atoms with van der Waals surface area (Å²) in [7, 11) is -3.73. The fraction of sp³-hybridized carbons (Fsp3) is 0.364.